The molecule has 0 saturated carbocycles. The van der Waals surface area contributed by atoms with Crippen molar-refractivity contribution in [1.29, 1.82) is 0 Å². The van der Waals surface area contributed by atoms with Gasteiger partial charge in [-0.2, -0.15) is 5.10 Å². The highest BCUT2D eigenvalue weighted by atomic mass is 31.2. The second-order valence-corrected chi connectivity index (χ2v) is 9.88. The summed E-state index contributed by atoms with van der Waals surface area (Å²) in [5.74, 6) is -3.01. The van der Waals surface area contributed by atoms with Gasteiger partial charge in [0.1, 0.15) is 6.73 Å². The number of fused-ring (bicyclic) bond motifs is 1. The molecule has 2 amide bonds. The van der Waals surface area contributed by atoms with Crippen molar-refractivity contribution >= 4 is 36.3 Å². The van der Waals surface area contributed by atoms with Crippen LogP contribution in [0, 0.1) is 5.82 Å². The van der Waals surface area contributed by atoms with Gasteiger partial charge in [0, 0.05) is 50.3 Å². The third kappa shape index (κ3) is 5.36. The number of benzene rings is 1. The normalized spacial score (nSPS) is 14.1. The summed E-state index contributed by atoms with van der Waals surface area (Å²) in [5.41, 5.74) is 0.123. The van der Waals surface area contributed by atoms with E-state index in [-0.39, 0.29) is 54.4 Å². The number of hydrogen-bond acceptors (Lipinski definition) is 7. The molecular weight excluding hydrogens is 534 g/mol. The van der Waals surface area contributed by atoms with E-state index < -0.39 is 32.1 Å². The van der Waals surface area contributed by atoms with E-state index in [0.29, 0.717) is 5.56 Å². The lowest BCUT2D eigenvalue weighted by molar-refractivity contribution is -0.127. The van der Waals surface area contributed by atoms with Crippen LogP contribution in [-0.2, 0) is 20.6 Å². The molecule has 15 heteroatoms. The number of phosphoric acid groups is 1. The second-order valence-electron chi connectivity index (χ2n) is 8.64. The van der Waals surface area contributed by atoms with Crippen molar-refractivity contribution in [1.82, 2.24) is 29.1 Å². The average Bonchev–Trinajstić information content (AvgIpc) is 3.61. The first-order valence-electron chi connectivity index (χ1n) is 11.7. The number of carbonyl (C=O) groups excluding carboxylic acids is 3. The summed E-state index contributed by atoms with van der Waals surface area (Å²) >= 11 is 0. The fraction of sp³-hybridized carbons (Fsp3) is 0.208. The van der Waals surface area contributed by atoms with E-state index in [0.717, 1.165) is 17.0 Å². The molecule has 4 aromatic rings. The van der Waals surface area contributed by atoms with Crippen molar-refractivity contribution in [2.45, 2.75) is 6.73 Å². The van der Waals surface area contributed by atoms with Crippen molar-refractivity contribution in [2.24, 2.45) is 0 Å². The number of hydrogen-bond donors (Lipinski definition) is 2. The van der Waals surface area contributed by atoms with E-state index in [4.69, 9.17) is 0 Å². The minimum Gasteiger partial charge on any atom is -0.335 e. The summed E-state index contributed by atoms with van der Waals surface area (Å²) in [5, 5.41) is 3.78. The standard InChI is InChI=1S/C24H22FN6O7P/c25-18-13-26-22(31-8-4-7-27-31)20-19(18)17(14-30(20)15-38-39(35,36)37)21(32)24(34)29-11-9-28(10-12-29)23(33)16-5-2-1-3-6-16/h1-8,13-14H,9-12,15H2,(H2,35,36,37). The smallest absolute Gasteiger partial charge is 0.335 e. The van der Waals surface area contributed by atoms with Crippen molar-refractivity contribution in [3.05, 3.63) is 78.1 Å². The summed E-state index contributed by atoms with van der Waals surface area (Å²) in [7, 11) is -4.94. The van der Waals surface area contributed by atoms with Gasteiger partial charge in [-0.3, -0.25) is 18.9 Å². The first-order chi connectivity index (χ1) is 18.6. The predicted molar refractivity (Wildman–Crippen MR) is 133 cm³/mol. The zero-order valence-electron chi connectivity index (χ0n) is 20.3. The number of phosphoric ester groups is 1. The van der Waals surface area contributed by atoms with Crippen LogP contribution in [0.1, 0.15) is 20.7 Å². The van der Waals surface area contributed by atoms with Gasteiger partial charge < -0.3 is 24.2 Å². The molecule has 4 heterocycles. The van der Waals surface area contributed by atoms with Crippen molar-refractivity contribution < 1.29 is 37.6 Å². The van der Waals surface area contributed by atoms with E-state index >= 15 is 4.39 Å². The largest absolute Gasteiger partial charge is 0.471 e. The van der Waals surface area contributed by atoms with Gasteiger partial charge in [-0.15, -0.1) is 0 Å². The summed E-state index contributed by atoms with van der Waals surface area (Å²) in [6, 6.07) is 10.3. The van der Waals surface area contributed by atoms with E-state index in [1.165, 1.54) is 22.0 Å². The number of ketones is 1. The van der Waals surface area contributed by atoms with Gasteiger partial charge in [-0.25, -0.2) is 18.6 Å². The molecule has 13 nitrogen and oxygen atoms in total. The maximum atomic E-state index is 15.1. The topological polar surface area (TPSA) is 160 Å². The van der Waals surface area contributed by atoms with Crippen LogP contribution in [0.25, 0.3) is 16.7 Å². The lowest BCUT2D eigenvalue weighted by atomic mass is 10.1. The molecule has 3 aromatic heterocycles. The maximum Gasteiger partial charge on any atom is 0.471 e. The Balaban J connectivity index is 1.43. The van der Waals surface area contributed by atoms with Crippen molar-refractivity contribution in [2.75, 3.05) is 26.2 Å². The molecule has 1 aliphatic rings. The van der Waals surface area contributed by atoms with E-state index in [9.17, 15) is 28.7 Å². The highest BCUT2D eigenvalue weighted by Crippen LogP contribution is 2.37. The molecule has 0 aliphatic carbocycles. The highest BCUT2D eigenvalue weighted by molar-refractivity contribution is 7.46. The fourth-order valence-corrected chi connectivity index (χ4v) is 4.66. The summed E-state index contributed by atoms with van der Waals surface area (Å²) < 4.78 is 33.4. The number of piperazine rings is 1. The first-order valence-corrected chi connectivity index (χ1v) is 13.2. The minimum absolute atomic E-state index is 0.0465. The van der Waals surface area contributed by atoms with Gasteiger partial charge in [0.25, 0.3) is 17.6 Å². The SMILES string of the molecule is O=C(C(=O)N1CCN(C(=O)c2ccccc2)CC1)c1cn(COP(=O)(O)O)c2c(-n3cccn3)ncc(F)c12. The van der Waals surface area contributed by atoms with Crippen LogP contribution in [0.15, 0.2) is 61.2 Å². The molecule has 1 saturated heterocycles. The molecule has 0 unspecified atom stereocenters. The Bertz CT molecular complexity index is 1590. The van der Waals surface area contributed by atoms with Gasteiger partial charge in [-0.05, 0) is 18.2 Å². The number of pyridine rings is 1. The number of Topliss-reactive ketones (excluding diaryl/α,β-unsaturated/α-hetero) is 1. The Kier molecular flexibility index (Phi) is 7.10. The number of aromatic nitrogens is 4. The Labute approximate surface area is 220 Å². The monoisotopic (exact) mass is 556 g/mol. The quantitative estimate of drug-likeness (QED) is 0.196. The van der Waals surface area contributed by atoms with Crippen LogP contribution in [0.5, 0.6) is 0 Å². The van der Waals surface area contributed by atoms with Crippen molar-refractivity contribution in [3.63, 3.8) is 0 Å². The Morgan fingerprint density at radius 1 is 1.03 bits per heavy atom. The maximum absolute atomic E-state index is 15.1. The van der Waals surface area contributed by atoms with Crippen LogP contribution in [0.4, 0.5) is 4.39 Å². The van der Waals surface area contributed by atoms with Crippen LogP contribution in [0.2, 0.25) is 0 Å². The molecule has 5 rings (SSSR count). The molecule has 202 valence electrons. The molecule has 0 radical (unpaired) electrons. The molecule has 2 N–H and O–H groups in total. The zero-order chi connectivity index (χ0) is 27.7. The Hall–Kier alpha value is -4.23. The molecule has 1 aliphatic heterocycles. The van der Waals surface area contributed by atoms with Crippen molar-refractivity contribution in [3.8, 4) is 5.82 Å². The molecule has 1 fully saturated rings. The van der Waals surface area contributed by atoms with Gasteiger partial charge in [0.05, 0.1) is 22.7 Å². The number of halogens is 1. The summed E-state index contributed by atoms with van der Waals surface area (Å²) in [6.07, 6.45) is 4.90. The van der Waals surface area contributed by atoms with Gasteiger partial charge >= 0.3 is 7.82 Å². The predicted octanol–water partition coefficient (Wildman–Crippen LogP) is 1.60. The fourth-order valence-electron chi connectivity index (χ4n) is 4.39. The van der Waals surface area contributed by atoms with Gasteiger partial charge in [-0.1, -0.05) is 18.2 Å². The highest BCUT2D eigenvalue weighted by Gasteiger charge is 2.32. The van der Waals surface area contributed by atoms with Gasteiger partial charge in [0.2, 0.25) is 0 Å². The average molecular weight is 556 g/mol. The van der Waals surface area contributed by atoms with Crippen LogP contribution < -0.4 is 0 Å². The molecule has 0 bridgehead atoms. The first kappa shape index (κ1) is 26.4. The number of nitrogens with zero attached hydrogens (tertiary/aromatic N) is 6. The lowest BCUT2D eigenvalue weighted by Gasteiger charge is -2.34. The number of carbonyl (C=O) groups is 3. The number of amides is 2. The van der Waals surface area contributed by atoms with Crippen LogP contribution >= 0.6 is 7.82 Å². The molecule has 0 atom stereocenters. The van der Waals surface area contributed by atoms with Crippen LogP contribution in [0.3, 0.4) is 0 Å². The molecule has 0 spiro atoms. The van der Waals surface area contributed by atoms with E-state index in [1.807, 2.05) is 0 Å². The lowest BCUT2D eigenvalue weighted by Crippen LogP contribution is -2.52. The minimum atomic E-state index is -4.94. The number of rotatable bonds is 7. The van der Waals surface area contributed by atoms with E-state index in [2.05, 4.69) is 14.6 Å². The third-order valence-corrected chi connectivity index (χ3v) is 6.68. The molecule has 39 heavy (non-hydrogen) atoms. The molecule has 1 aromatic carbocycles. The van der Waals surface area contributed by atoms with Crippen LogP contribution in [-0.4, -0.2) is 82.7 Å². The third-order valence-electron chi connectivity index (χ3n) is 6.23. The van der Waals surface area contributed by atoms with E-state index in [1.54, 1.807) is 41.3 Å². The Morgan fingerprint density at radius 3 is 2.36 bits per heavy atom. The summed E-state index contributed by atoms with van der Waals surface area (Å²) in [6.45, 7) is -0.183. The summed E-state index contributed by atoms with van der Waals surface area (Å²) in [4.78, 5) is 64.5. The second kappa shape index (κ2) is 10.5. The Morgan fingerprint density at radius 2 is 1.72 bits per heavy atom. The zero-order valence-corrected chi connectivity index (χ0v) is 21.1. The molecular formula is C24H22FN6O7P. The van der Waals surface area contributed by atoms with Gasteiger partial charge in [0.15, 0.2) is 11.6 Å².